The van der Waals surface area contributed by atoms with Gasteiger partial charge in [-0.1, -0.05) is 77.7 Å². The second kappa shape index (κ2) is 13.5. The normalized spacial score (nSPS) is 12.9. The van der Waals surface area contributed by atoms with Gasteiger partial charge in [0.05, 0.1) is 15.6 Å². The molecule has 0 aliphatic carbocycles. The first-order chi connectivity index (χ1) is 18.8. The number of rotatable bonds is 11. The number of nitrogens with zero attached hydrogens (tertiary/aromatic N) is 2. The Labute approximate surface area is 247 Å². The second-order valence-electron chi connectivity index (χ2n) is 9.92. The van der Waals surface area contributed by atoms with Crippen LogP contribution in [0.1, 0.15) is 43.9 Å². The van der Waals surface area contributed by atoms with E-state index in [1.54, 1.807) is 19.1 Å². The maximum absolute atomic E-state index is 14.0. The highest BCUT2D eigenvalue weighted by Gasteiger charge is 2.33. The Bertz CT molecular complexity index is 1440. The van der Waals surface area contributed by atoms with Gasteiger partial charge in [0.2, 0.25) is 11.8 Å². The van der Waals surface area contributed by atoms with E-state index in [4.69, 9.17) is 23.2 Å². The van der Waals surface area contributed by atoms with Crippen LogP contribution in [0.2, 0.25) is 10.0 Å². The summed E-state index contributed by atoms with van der Waals surface area (Å²) < 4.78 is 28.8. The lowest BCUT2D eigenvalue weighted by Crippen LogP contribution is -2.52. The van der Waals surface area contributed by atoms with Crippen LogP contribution in [0.4, 0.5) is 5.69 Å². The third-order valence-electron chi connectivity index (χ3n) is 6.71. The van der Waals surface area contributed by atoms with Gasteiger partial charge in [0.15, 0.2) is 0 Å². The zero-order valence-corrected chi connectivity index (χ0v) is 25.6. The minimum absolute atomic E-state index is 0.00501. The first-order valence-electron chi connectivity index (χ1n) is 13.0. The van der Waals surface area contributed by atoms with Crippen molar-refractivity contribution >= 4 is 50.7 Å². The molecule has 0 aliphatic heterocycles. The predicted octanol–water partition coefficient (Wildman–Crippen LogP) is 6.14. The van der Waals surface area contributed by atoms with Gasteiger partial charge in [-0.2, -0.15) is 0 Å². The van der Waals surface area contributed by atoms with E-state index in [-0.39, 0.29) is 39.1 Å². The molecule has 3 aromatic rings. The van der Waals surface area contributed by atoms with Crippen molar-refractivity contribution in [3.63, 3.8) is 0 Å². The van der Waals surface area contributed by atoms with Crippen molar-refractivity contribution in [2.24, 2.45) is 0 Å². The molecule has 10 heteroatoms. The molecule has 40 heavy (non-hydrogen) atoms. The van der Waals surface area contributed by atoms with Crippen LogP contribution in [-0.2, 0) is 26.2 Å². The molecule has 0 saturated heterocycles. The second-order valence-corrected chi connectivity index (χ2v) is 12.6. The maximum Gasteiger partial charge on any atom is 0.264 e. The molecular formula is C30H35Cl2N3O4S. The summed E-state index contributed by atoms with van der Waals surface area (Å²) in [6, 6.07) is 17.4. The van der Waals surface area contributed by atoms with Crippen molar-refractivity contribution in [1.82, 2.24) is 10.2 Å². The summed E-state index contributed by atoms with van der Waals surface area (Å²) >= 11 is 12.7. The molecule has 0 aromatic heterocycles. The lowest BCUT2D eigenvalue weighted by Gasteiger charge is -2.32. The van der Waals surface area contributed by atoms with Crippen LogP contribution in [0.3, 0.4) is 0 Å². The van der Waals surface area contributed by atoms with Gasteiger partial charge in [-0.05, 0) is 70.0 Å². The van der Waals surface area contributed by atoms with Crippen molar-refractivity contribution in [3.8, 4) is 0 Å². The Morgan fingerprint density at radius 3 is 2.05 bits per heavy atom. The highest BCUT2D eigenvalue weighted by atomic mass is 35.5. The fourth-order valence-electron chi connectivity index (χ4n) is 3.97. The molecule has 7 nitrogen and oxygen atoms in total. The molecule has 214 valence electrons. The van der Waals surface area contributed by atoms with Crippen LogP contribution < -0.4 is 9.62 Å². The molecule has 0 spiro atoms. The van der Waals surface area contributed by atoms with Gasteiger partial charge in [-0.25, -0.2) is 8.42 Å². The zero-order valence-electron chi connectivity index (χ0n) is 23.3. The molecular weight excluding hydrogens is 569 g/mol. The van der Waals surface area contributed by atoms with E-state index in [0.29, 0.717) is 0 Å². The van der Waals surface area contributed by atoms with E-state index < -0.39 is 28.5 Å². The van der Waals surface area contributed by atoms with Gasteiger partial charge in [0.25, 0.3) is 10.0 Å². The van der Waals surface area contributed by atoms with Gasteiger partial charge in [-0.15, -0.1) is 0 Å². The van der Waals surface area contributed by atoms with Gasteiger partial charge in [0.1, 0.15) is 12.6 Å². The number of sulfonamides is 1. The summed E-state index contributed by atoms with van der Waals surface area (Å²) in [5.41, 5.74) is 2.80. The molecule has 3 aromatic carbocycles. The molecule has 0 saturated carbocycles. The fourth-order valence-corrected chi connectivity index (χ4v) is 5.83. The third-order valence-corrected chi connectivity index (χ3v) is 9.04. The molecule has 3 rings (SSSR count). The van der Waals surface area contributed by atoms with Crippen molar-refractivity contribution in [2.75, 3.05) is 10.8 Å². The first kappa shape index (κ1) is 31.5. The molecule has 0 heterocycles. The molecule has 0 unspecified atom stereocenters. The lowest BCUT2D eigenvalue weighted by atomic mass is 10.1. The van der Waals surface area contributed by atoms with E-state index >= 15 is 0 Å². The molecule has 2 atom stereocenters. The minimum atomic E-state index is -4.24. The van der Waals surface area contributed by atoms with Crippen molar-refractivity contribution in [3.05, 3.63) is 93.5 Å². The van der Waals surface area contributed by atoms with E-state index in [2.05, 4.69) is 5.32 Å². The number of anilines is 1. The summed E-state index contributed by atoms with van der Waals surface area (Å²) in [4.78, 5) is 28.5. The smallest absolute Gasteiger partial charge is 0.264 e. The average Bonchev–Trinajstić information content (AvgIpc) is 2.92. The Balaban J connectivity index is 2.06. The average molecular weight is 605 g/mol. The number of halogens is 2. The number of amides is 2. The van der Waals surface area contributed by atoms with E-state index in [1.807, 2.05) is 52.0 Å². The van der Waals surface area contributed by atoms with E-state index in [9.17, 15) is 18.0 Å². The summed E-state index contributed by atoms with van der Waals surface area (Å²) in [5, 5.41) is 3.29. The van der Waals surface area contributed by atoms with Crippen molar-refractivity contribution < 1.29 is 18.0 Å². The summed E-state index contributed by atoms with van der Waals surface area (Å²) in [6.07, 6.45) is 0.722. The molecule has 0 radical (unpaired) electrons. The Hall–Kier alpha value is -3.07. The van der Waals surface area contributed by atoms with Crippen LogP contribution in [0.25, 0.3) is 0 Å². The highest BCUT2D eigenvalue weighted by Crippen LogP contribution is 2.33. The van der Waals surface area contributed by atoms with Crippen LogP contribution in [0.15, 0.2) is 71.6 Å². The number of benzene rings is 3. The number of carbonyl (C=O) groups excluding carboxylic acids is 2. The highest BCUT2D eigenvalue weighted by molar-refractivity contribution is 7.92. The SMILES string of the molecule is CC[C@H](C)NC(=O)[C@@H](C)N(Cc1ccc(C)cc1)C(=O)CN(c1cc(Cl)ccc1Cl)S(=O)(=O)c1ccc(C)cc1. The number of aryl methyl sites for hydroxylation is 2. The number of nitrogens with one attached hydrogen (secondary N) is 1. The monoisotopic (exact) mass is 603 g/mol. The van der Waals surface area contributed by atoms with E-state index in [1.165, 1.54) is 35.2 Å². The Morgan fingerprint density at radius 2 is 1.48 bits per heavy atom. The van der Waals surface area contributed by atoms with Crippen LogP contribution in [0, 0.1) is 13.8 Å². The van der Waals surface area contributed by atoms with Crippen molar-refractivity contribution in [2.45, 2.75) is 64.6 Å². The largest absolute Gasteiger partial charge is 0.352 e. The maximum atomic E-state index is 14.0. The van der Waals surface area contributed by atoms with Gasteiger partial charge < -0.3 is 10.2 Å². The zero-order chi connectivity index (χ0) is 29.6. The van der Waals surface area contributed by atoms with Crippen LogP contribution in [-0.4, -0.2) is 43.8 Å². The van der Waals surface area contributed by atoms with Gasteiger partial charge in [0, 0.05) is 17.6 Å². The number of carbonyl (C=O) groups is 2. The Morgan fingerprint density at radius 1 is 0.900 bits per heavy atom. The predicted molar refractivity (Wildman–Crippen MR) is 161 cm³/mol. The standard InChI is InChI=1S/C30H35Cl2N3O4S/c1-6-22(4)33-30(37)23(5)34(18-24-11-7-20(2)8-12-24)29(36)19-35(28-17-25(31)13-16-27(28)32)40(38,39)26-14-9-21(3)10-15-26/h7-17,22-23H,6,18-19H2,1-5H3,(H,33,37)/t22-,23+/m0/s1. The van der Waals surface area contributed by atoms with Crippen molar-refractivity contribution in [1.29, 1.82) is 0 Å². The fraction of sp³-hybridized carbons (Fsp3) is 0.333. The van der Waals surface area contributed by atoms with Crippen LogP contribution in [0.5, 0.6) is 0 Å². The lowest BCUT2D eigenvalue weighted by molar-refractivity contribution is -0.139. The first-order valence-corrected chi connectivity index (χ1v) is 15.2. The summed E-state index contributed by atoms with van der Waals surface area (Å²) in [5.74, 6) is -0.900. The Kier molecular flexibility index (Phi) is 10.6. The van der Waals surface area contributed by atoms with Crippen LogP contribution >= 0.6 is 23.2 Å². The summed E-state index contributed by atoms with van der Waals surface area (Å²) in [6.45, 7) is 8.78. The molecule has 0 bridgehead atoms. The van der Waals surface area contributed by atoms with Gasteiger partial charge in [-0.3, -0.25) is 13.9 Å². The number of hydrogen-bond donors (Lipinski definition) is 1. The van der Waals surface area contributed by atoms with E-state index in [0.717, 1.165) is 27.4 Å². The topological polar surface area (TPSA) is 86.8 Å². The molecule has 1 N–H and O–H groups in total. The summed E-state index contributed by atoms with van der Waals surface area (Å²) in [7, 11) is -4.24. The molecule has 0 aliphatic rings. The minimum Gasteiger partial charge on any atom is -0.352 e. The molecule has 2 amide bonds. The van der Waals surface area contributed by atoms with Gasteiger partial charge >= 0.3 is 0 Å². The number of hydrogen-bond acceptors (Lipinski definition) is 4. The molecule has 0 fully saturated rings. The third kappa shape index (κ3) is 7.77. The quantitative estimate of drug-likeness (QED) is 0.285.